The lowest BCUT2D eigenvalue weighted by atomic mass is 9.96. The molecule has 0 spiro atoms. The van der Waals surface area contributed by atoms with Crippen LogP contribution in [-0.4, -0.2) is 26.2 Å². The minimum Gasteiger partial charge on any atom is -0.495 e. The van der Waals surface area contributed by atoms with E-state index in [9.17, 15) is 4.79 Å². The molecular weight excluding hydrogens is 409 g/mol. The number of amides is 1. The maximum atomic E-state index is 12.6. The Hall–Kier alpha value is -1.72. The molecule has 1 N–H and O–H groups in total. The molecule has 27 heavy (non-hydrogen) atoms. The molecule has 1 aliphatic heterocycles. The van der Waals surface area contributed by atoms with Crippen LogP contribution in [0.1, 0.15) is 23.6 Å². The van der Waals surface area contributed by atoms with Crippen molar-refractivity contribution < 1.29 is 14.3 Å². The highest BCUT2D eigenvalue weighted by atomic mass is 35.5. The van der Waals surface area contributed by atoms with E-state index < -0.39 is 0 Å². The van der Waals surface area contributed by atoms with Gasteiger partial charge in [-0.2, -0.15) is 0 Å². The third-order valence-electron chi connectivity index (χ3n) is 4.26. The lowest BCUT2D eigenvalue weighted by Crippen LogP contribution is -2.04. The zero-order chi connectivity index (χ0) is 19.6. The van der Waals surface area contributed by atoms with Gasteiger partial charge >= 0.3 is 0 Å². The summed E-state index contributed by atoms with van der Waals surface area (Å²) in [5, 5.41) is 4.02. The molecule has 2 aromatic rings. The fraction of sp³-hybridized carbons (Fsp3) is 0.250. The molecule has 0 saturated carbocycles. The van der Waals surface area contributed by atoms with Crippen LogP contribution in [0.3, 0.4) is 0 Å². The van der Waals surface area contributed by atoms with Crippen LogP contribution in [0.4, 0.5) is 5.69 Å². The van der Waals surface area contributed by atoms with Crippen molar-refractivity contribution in [1.29, 1.82) is 0 Å². The number of ether oxygens (including phenoxy) is 2. The molecule has 1 heterocycles. The largest absolute Gasteiger partial charge is 0.495 e. The Morgan fingerprint density at radius 2 is 1.93 bits per heavy atom. The number of benzene rings is 2. The Labute approximate surface area is 173 Å². The van der Waals surface area contributed by atoms with Crippen LogP contribution in [-0.2, 0) is 16.0 Å². The molecular formula is C20H18Cl3NO3. The SMILES string of the molecule is CCOCCc1cc(Cl)c(Cl)c2c1/C(=C/c1ccc(OC)c(Cl)c1)C(=O)N2. The quantitative estimate of drug-likeness (QED) is 0.474. The first-order valence-corrected chi connectivity index (χ1v) is 9.55. The molecule has 0 unspecified atom stereocenters. The Kier molecular flexibility index (Phi) is 6.33. The van der Waals surface area contributed by atoms with Crippen molar-refractivity contribution in [2.75, 3.05) is 25.6 Å². The molecule has 1 amide bonds. The summed E-state index contributed by atoms with van der Waals surface area (Å²) in [5.74, 6) is 0.334. The predicted molar refractivity (Wildman–Crippen MR) is 111 cm³/mol. The smallest absolute Gasteiger partial charge is 0.256 e. The maximum absolute atomic E-state index is 12.6. The number of hydrogen-bond donors (Lipinski definition) is 1. The number of methoxy groups -OCH3 is 1. The molecule has 142 valence electrons. The second kappa shape index (κ2) is 8.53. The summed E-state index contributed by atoms with van der Waals surface area (Å²) in [5.41, 5.74) is 3.47. The molecule has 1 aliphatic rings. The summed E-state index contributed by atoms with van der Waals surface area (Å²) >= 11 is 18.8. The standard InChI is InChI=1S/C20H18Cl3NO3/c1-3-27-7-6-12-10-15(22)18(23)19-17(12)13(20(25)24-19)8-11-4-5-16(26-2)14(21)9-11/h4-5,8-10H,3,6-7H2,1-2H3,(H,24,25)/b13-8-. The van der Waals surface area contributed by atoms with Crippen molar-refractivity contribution in [3.63, 3.8) is 0 Å². The summed E-state index contributed by atoms with van der Waals surface area (Å²) in [4.78, 5) is 12.6. The average molecular weight is 427 g/mol. The monoisotopic (exact) mass is 425 g/mol. The number of halogens is 3. The molecule has 3 rings (SSSR count). The summed E-state index contributed by atoms with van der Waals surface area (Å²) in [6.07, 6.45) is 2.39. The normalized spacial score (nSPS) is 14.4. The molecule has 0 saturated heterocycles. The summed E-state index contributed by atoms with van der Waals surface area (Å²) < 4.78 is 10.6. The van der Waals surface area contributed by atoms with Crippen molar-refractivity contribution in [1.82, 2.24) is 0 Å². The lowest BCUT2D eigenvalue weighted by molar-refractivity contribution is -0.110. The van der Waals surface area contributed by atoms with Gasteiger partial charge in [-0.05, 0) is 48.7 Å². The molecule has 0 aliphatic carbocycles. The Balaban J connectivity index is 2.08. The Morgan fingerprint density at radius 3 is 2.59 bits per heavy atom. The summed E-state index contributed by atoms with van der Waals surface area (Å²) in [7, 11) is 1.55. The number of anilines is 1. The number of carbonyl (C=O) groups is 1. The van der Waals surface area contributed by atoms with Crippen LogP contribution in [0.5, 0.6) is 5.75 Å². The van der Waals surface area contributed by atoms with E-state index >= 15 is 0 Å². The molecule has 0 aromatic heterocycles. The zero-order valence-corrected chi connectivity index (χ0v) is 17.1. The number of nitrogens with one attached hydrogen (secondary N) is 1. The number of hydrogen-bond acceptors (Lipinski definition) is 3. The molecule has 0 atom stereocenters. The van der Waals surface area contributed by atoms with E-state index in [-0.39, 0.29) is 5.91 Å². The average Bonchev–Trinajstić information content (AvgIpc) is 2.96. The summed E-state index contributed by atoms with van der Waals surface area (Å²) in [6, 6.07) is 7.13. The van der Waals surface area contributed by atoms with Crippen molar-refractivity contribution in [3.05, 3.63) is 56.0 Å². The van der Waals surface area contributed by atoms with Crippen LogP contribution < -0.4 is 10.1 Å². The first-order valence-electron chi connectivity index (χ1n) is 8.41. The highest BCUT2D eigenvalue weighted by Gasteiger charge is 2.30. The zero-order valence-electron chi connectivity index (χ0n) is 14.9. The van der Waals surface area contributed by atoms with Gasteiger partial charge < -0.3 is 14.8 Å². The van der Waals surface area contributed by atoms with Crippen molar-refractivity contribution in [2.45, 2.75) is 13.3 Å². The minimum atomic E-state index is -0.237. The molecule has 2 aromatic carbocycles. The number of rotatable bonds is 6. The lowest BCUT2D eigenvalue weighted by Gasteiger charge is -2.12. The van der Waals surface area contributed by atoms with E-state index in [2.05, 4.69) is 5.32 Å². The van der Waals surface area contributed by atoms with Gasteiger partial charge in [0.2, 0.25) is 0 Å². The van der Waals surface area contributed by atoms with Crippen LogP contribution in [0.15, 0.2) is 24.3 Å². The fourth-order valence-electron chi connectivity index (χ4n) is 3.00. The van der Waals surface area contributed by atoms with E-state index in [1.807, 2.05) is 13.0 Å². The van der Waals surface area contributed by atoms with Crippen LogP contribution in [0.2, 0.25) is 15.1 Å². The van der Waals surface area contributed by atoms with Crippen LogP contribution >= 0.6 is 34.8 Å². The van der Waals surface area contributed by atoms with E-state index in [4.69, 9.17) is 44.3 Å². The van der Waals surface area contributed by atoms with Gasteiger partial charge in [0.25, 0.3) is 5.91 Å². The Morgan fingerprint density at radius 1 is 1.15 bits per heavy atom. The van der Waals surface area contributed by atoms with E-state index in [0.717, 1.165) is 16.7 Å². The fourth-order valence-corrected chi connectivity index (χ4v) is 3.69. The number of fused-ring (bicyclic) bond motifs is 1. The minimum absolute atomic E-state index is 0.237. The van der Waals surface area contributed by atoms with Crippen LogP contribution in [0.25, 0.3) is 11.6 Å². The van der Waals surface area contributed by atoms with Gasteiger partial charge in [0.15, 0.2) is 0 Å². The third kappa shape index (κ3) is 4.09. The van der Waals surface area contributed by atoms with Crippen molar-refractivity contribution in [3.8, 4) is 5.75 Å². The van der Waals surface area contributed by atoms with E-state index in [0.29, 0.717) is 51.7 Å². The van der Waals surface area contributed by atoms with Gasteiger partial charge in [-0.3, -0.25) is 4.79 Å². The molecule has 0 radical (unpaired) electrons. The van der Waals surface area contributed by atoms with Gasteiger partial charge in [-0.25, -0.2) is 0 Å². The second-order valence-corrected chi connectivity index (χ2v) is 7.13. The Bertz CT molecular complexity index is 925. The topological polar surface area (TPSA) is 47.6 Å². The van der Waals surface area contributed by atoms with Crippen LogP contribution in [0, 0.1) is 0 Å². The first-order chi connectivity index (χ1) is 13.0. The molecule has 4 nitrogen and oxygen atoms in total. The predicted octanol–water partition coefficient (Wildman–Crippen LogP) is 5.73. The van der Waals surface area contributed by atoms with Gasteiger partial charge in [0.05, 0.1) is 34.5 Å². The molecule has 7 heteroatoms. The van der Waals surface area contributed by atoms with E-state index in [1.54, 1.807) is 31.4 Å². The van der Waals surface area contributed by atoms with Crippen molar-refractivity contribution >= 4 is 58.0 Å². The summed E-state index contributed by atoms with van der Waals surface area (Å²) in [6.45, 7) is 3.08. The first kappa shape index (κ1) is 20.0. The highest BCUT2D eigenvalue weighted by molar-refractivity contribution is 6.47. The number of carbonyl (C=O) groups excluding carboxylic acids is 1. The highest BCUT2D eigenvalue weighted by Crippen LogP contribution is 2.44. The maximum Gasteiger partial charge on any atom is 0.256 e. The van der Waals surface area contributed by atoms with Gasteiger partial charge in [0.1, 0.15) is 5.75 Å². The van der Waals surface area contributed by atoms with Gasteiger partial charge in [-0.15, -0.1) is 0 Å². The van der Waals surface area contributed by atoms with Crippen molar-refractivity contribution in [2.24, 2.45) is 0 Å². The van der Waals surface area contributed by atoms with E-state index in [1.165, 1.54) is 0 Å². The third-order valence-corrected chi connectivity index (χ3v) is 5.34. The second-order valence-electron chi connectivity index (χ2n) is 5.93. The van der Waals surface area contributed by atoms with Gasteiger partial charge in [-0.1, -0.05) is 40.9 Å². The molecule has 0 bridgehead atoms. The molecule has 0 fully saturated rings. The van der Waals surface area contributed by atoms with Gasteiger partial charge in [0, 0.05) is 17.7 Å².